The Hall–Kier alpha value is -1.73. The van der Waals surface area contributed by atoms with Gasteiger partial charge in [0.05, 0.1) is 16.5 Å². The lowest BCUT2D eigenvalue weighted by Crippen LogP contribution is -2.34. The second-order valence-electron chi connectivity index (χ2n) is 8.33. The predicted octanol–water partition coefficient (Wildman–Crippen LogP) is 4.85. The molecule has 0 bridgehead atoms. The fourth-order valence-electron chi connectivity index (χ4n) is 3.82. The van der Waals surface area contributed by atoms with E-state index in [1.165, 1.54) is 24.6 Å². The summed E-state index contributed by atoms with van der Waals surface area (Å²) >= 11 is 7.77. The lowest BCUT2D eigenvalue weighted by molar-refractivity contribution is -0.113. The number of thioether (sulfide) groups is 1. The largest absolute Gasteiger partial charge is 0.341 e. The first-order valence-corrected chi connectivity index (χ1v) is 11.7. The van der Waals surface area contributed by atoms with Crippen molar-refractivity contribution in [3.63, 3.8) is 0 Å². The SMILES string of the molecule is Cc1cc(C)c(NC(=O)CSc2nnc(N3CCC(C)CC3)n2C2CC2)c(Cl)c1. The number of aryl methyl sites for hydroxylation is 2. The molecule has 2 fully saturated rings. The molecule has 1 aromatic carbocycles. The zero-order chi connectivity index (χ0) is 20.5. The minimum absolute atomic E-state index is 0.0810. The average molecular weight is 434 g/mol. The molecule has 4 rings (SSSR count). The van der Waals surface area contributed by atoms with E-state index in [0.29, 0.717) is 16.8 Å². The highest BCUT2D eigenvalue weighted by atomic mass is 35.5. The fourth-order valence-corrected chi connectivity index (χ4v) is 4.99. The lowest BCUT2D eigenvalue weighted by atomic mass is 10.00. The number of hydrogen-bond donors (Lipinski definition) is 1. The van der Waals surface area contributed by atoms with Gasteiger partial charge in [-0.25, -0.2) is 0 Å². The molecule has 8 heteroatoms. The van der Waals surface area contributed by atoms with Crippen LogP contribution in [-0.4, -0.2) is 39.5 Å². The van der Waals surface area contributed by atoms with Crippen molar-refractivity contribution >= 4 is 40.9 Å². The van der Waals surface area contributed by atoms with Crippen molar-refractivity contribution in [3.05, 3.63) is 28.3 Å². The zero-order valence-electron chi connectivity index (χ0n) is 17.2. The number of aromatic nitrogens is 3. The molecular formula is C21H28ClN5OS. The Morgan fingerprint density at radius 1 is 1.21 bits per heavy atom. The van der Waals surface area contributed by atoms with Crippen LogP contribution < -0.4 is 10.2 Å². The molecule has 2 aliphatic rings. The summed E-state index contributed by atoms with van der Waals surface area (Å²) in [6.45, 7) is 8.32. The van der Waals surface area contributed by atoms with Crippen molar-refractivity contribution in [1.82, 2.24) is 14.8 Å². The average Bonchev–Trinajstić information content (AvgIpc) is 3.43. The molecule has 0 radical (unpaired) electrons. The van der Waals surface area contributed by atoms with E-state index >= 15 is 0 Å². The highest BCUT2D eigenvalue weighted by Crippen LogP contribution is 2.41. The summed E-state index contributed by atoms with van der Waals surface area (Å²) in [5, 5.41) is 13.3. The number of halogens is 1. The Kier molecular flexibility index (Phi) is 6.06. The van der Waals surface area contributed by atoms with Gasteiger partial charge in [-0.15, -0.1) is 10.2 Å². The first-order chi connectivity index (χ1) is 13.9. The van der Waals surface area contributed by atoms with Crippen LogP contribution in [0.5, 0.6) is 0 Å². The monoisotopic (exact) mass is 433 g/mol. The van der Waals surface area contributed by atoms with E-state index in [2.05, 4.69) is 31.9 Å². The predicted molar refractivity (Wildman–Crippen MR) is 119 cm³/mol. The quantitative estimate of drug-likeness (QED) is 0.659. The molecule has 0 unspecified atom stereocenters. The van der Waals surface area contributed by atoms with Crippen LogP contribution in [0.2, 0.25) is 5.02 Å². The summed E-state index contributed by atoms with van der Waals surface area (Å²) < 4.78 is 2.25. The summed E-state index contributed by atoms with van der Waals surface area (Å²) in [6, 6.07) is 4.36. The van der Waals surface area contributed by atoms with Crippen LogP contribution in [0.3, 0.4) is 0 Å². The summed E-state index contributed by atoms with van der Waals surface area (Å²) in [7, 11) is 0. The number of carbonyl (C=O) groups excluding carboxylic acids is 1. The maximum atomic E-state index is 12.6. The van der Waals surface area contributed by atoms with Gasteiger partial charge in [-0.05, 0) is 62.6 Å². The number of nitrogens with zero attached hydrogens (tertiary/aromatic N) is 4. The van der Waals surface area contributed by atoms with Gasteiger partial charge in [0.2, 0.25) is 11.9 Å². The van der Waals surface area contributed by atoms with Crippen molar-refractivity contribution in [2.24, 2.45) is 5.92 Å². The maximum Gasteiger partial charge on any atom is 0.234 e. The van der Waals surface area contributed by atoms with Crippen LogP contribution >= 0.6 is 23.4 Å². The summed E-state index contributed by atoms with van der Waals surface area (Å²) in [5.41, 5.74) is 2.74. The van der Waals surface area contributed by atoms with Crippen molar-refractivity contribution in [1.29, 1.82) is 0 Å². The number of benzene rings is 1. The van der Waals surface area contributed by atoms with Crippen LogP contribution in [0.4, 0.5) is 11.6 Å². The molecule has 2 aromatic rings. The standard InChI is InChI=1S/C21H28ClN5OS/c1-13-6-8-26(9-7-13)20-24-25-21(27(20)16-4-5-16)29-12-18(28)23-19-15(3)10-14(2)11-17(19)22/h10-11,13,16H,4-9,12H2,1-3H3,(H,23,28). The molecule has 1 N–H and O–H groups in total. The highest BCUT2D eigenvalue weighted by Gasteiger charge is 2.32. The van der Waals surface area contributed by atoms with Gasteiger partial charge in [0, 0.05) is 19.1 Å². The van der Waals surface area contributed by atoms with Crippen LogP contribution in [0, 0.1) is 19.8 Å². The molecular weight excluding hydrogens is 406 g/mol. The molecule has 1 aliphatic heterocycles. The highest BCUT2D eigenvalue weighted by molar-refractivity contribution is 7.99. The lowest BCUT2D eigenvalue weighted by Gasteiger charge is -2.31. The van der Waals surface area contributed by atoms with E-state index in [-0.39, 0.29) is 11.7 Å². The number of rotatable bonds is 6. The van der Waals surface area contributed by atoms with E-state index in [9.17, 15) is 4.79 Å². The summed E-state index contributed by atoms with van der Waals surface area (Å²) in [4.78, 5) is 14.9. The van der Waals surface area contributed by atoms with Crippen molar-refractivity contribution < 1.29 is 4.79 Å². The Bertz CT molecular complexity index is 879. The van der Waals surface area contributed by atoms with Crippen LogP contribution in [0.25, 0.3) is 0 Å². The first-order valence-electron chi connectivity index (χ1n) is 10.3. The molecule has 1 saturated carbocycles. The molecule has 2 heterocycles. The van der Waals surface area contributed by atoms with Gasteiger partial charge in [0.25, 0.3) is 0 Å². The number of amides is 1. The molecule has 1 aromatic heterocycles. The van der Waals surface area contributed by atoms with E-state index in [0.717, 1.165) is 54.1 Å². The van der Waals surface area contributed by atoms with Gasteiger partial charge in [-0.3, -0.25) is 9.36 Å². The third-order valence-corrected chi connectivity index (χ3v) is 6.89. The number of carbonyl (C=O) groups is 1. The van der Waals surface area contributed by atoms with Gasteiger partial charge in [0.1, 0.15) is 0 Å². The van der Waals surface area contributed by atoms with Crippen LogP contribution in [0.15, 0.2) is 17.3 Å². The van der Waals surface area contributed by atoms with Gasteiger partial charge < -0.3 is 10.2 Å². The second kappa shape index (κ2) is 8.56. The maximum absolute atomic E-state index is 12.6. The van der Waals surface area contributed by atoms with Crippen molar-refractivity contribution in [2.75, 3.05) is 29.1 Å². The number of hydrogen-bond acceptors (Lipinski definition) is 5. The minimum Gasteiger partial charge on any atom is -0.341 e. The molecule has 0 atom stereocenters. The third kappa shape index (κ3) is 4.72. The fraction of sp³-hybridized carbons (Fsp3) is 0.571. The first kappa shape index (κ1) is 20.5. The Morgan fingerprint density at radius 3 is 2.59 bits per heavy atom. The van der Waals surface area contributed by atoms with E-state index in [1.54, 1.807) is 0 Å². The molecule has 1 aliphatic carbocycles. The molecule has 156 valence electrons. The van der Waals surface area contributed by atoms with Crippen molar-refractivity contribution in [3.8, 4) is 0 Å². The normalized spacial score (nSPS) is 17.6. The molecule has 1 saturated heterocycles. The van der Waals surface area contributed by atoms with Gasteiger partial charge in [-0.1, -0.05) is 36.4 Å². The summed E-state index contributed by atoms with van der Waals surface area (Å²) in [5.74, 6) is 1.95. The second-order valence-corrected chi connectivity index (χ2v) is 9.68. The number of nitrogens with one attached hydrogen (secondary N) is 1. The van der Waals surface area contributed by atoms with Gasteiger partial charge in [0.15, 0.2) is 5.16 Å². The van der Waals surface area contributed by atoms with E-state index in [4.69, 9.17) is 11.6 Å². The summed E-state index contributed by atoms with van der Waals surface area (Å²) in [6.07, 6.45) is 4.71. The Morgan fingerprint density at radius 2 is 1.93 bits per heavy atom. The Balaban J connectivity index is 1.43. The Labute approximate surface area is 181 Å². The van der Waals surface area contributed by atoms with Gasteiger partial charge >= 0.3 is 0 Å². The van der Waals surface area contributed by atoms with Crippen LogP contribution in [-0.2, 0) is 4.79 Å². The number of piperidine rings is 1. The van der Waals surface area contributed by atoms with Gasteiger partial charge in [-0.2, -0.15) is 0 Å². The zero-order valence-corrected chi connectivity index (χ0v) is 18.8. The molecule has 0 spiro atoms. The minimum atomic E-state index is -0.0810. The molecule has 6 nitrogen and oxygen atoms in total. The molecule has 1 amide bonds. The van der Waals surface area contributed by atoms with Crippen LogP contribution in [0.1, 0.15) is 49.8 Å². The van der Waals surface area contributed by atoms with E-state index < -0.39 is 0 Å². The smallest absolute Gasteiger partial charge is 0.234 e. The number of anilines is 2. The van der Waals surface area contributed by atoms with Crippen molar-refractivity contribution in [2.45, 2.75) is 57.7 Å². The molecule has 29 heavy (non-hydrogen) atoms. The third-order valence-electron chi connectivity index (χ3n) is 5.65. The topological polar surface area (TPSA) is 63.1 Å². The van der Waals surface area contributed by atoms with E-state index in [1.807, 2.05) is 26.0 Å².